The van der Waals surface area contributed by atoms with E-state index in [0.29, 0.717) is 19.3 Å². The zero-order valence-corrected chi connectivity index (χ0v) is 45.6. The number of hydrogen-bond donors (Lipinski definition) is 0. The molecule has 6 nitrogen and oxygen atoms in total. The SMILES string of the molecule is CCCCC/C=C\C/C=C\CCCCCCCCCC(=O)OC(COC(=O)CCCCCCCCCCC/C=C\CCCCCCCC)COC(=O)CCCCCCCCCCCCCCCC. The summed E-state index contributed by atoms with van der Waals surface area (Å²) >= 11 is 0. The minimum absolute atomic E-state index is 0.0721. The van der Waals surface area contributed by atoms with Crippen LogP contribution in [0.15, 0.2) is 36.5 Å². The molecular formula is C62H114O6. The van der Waals surface area contributed by atoms with Crippen molar-refractivity contribution in [2.24, 2.45) is 0 Å². The molecule has 68 heavy (non-hydrogen) atoms. The van der Waals surface area contributed by atoms with Crippen molar-refractivity contribution < 1.29 is 28.6 Å². The van der Waals surface area contributed by atoms with Crippen molar-refractivity contribution >= 4 is 17.9 Å². The Kier molecular flexibility index (Phi) is 55.2. The van der Waals surface area contributed by atoms with Crippen molar-refractivity contribution in [3.05, 3.63) is 36.5 Å². The number of esters is 3. The number of ether oxygens (including phenoxy) is 3. The summed E-state index contributed by atoms with van der Waals surface area (Å²) in [7, 11) is 0. The summed E-state index contributed by atoms with van der Waals surface area (Å²) in [5.74, 6) is -0.863. The molecule has 0 aliphatic carbocycles. The normalized spacial score (nSPS) is 12.2. The van der Waals surface area contributed by atoms with E-state index in [2.05, 4.69) is 57.2 Å². The number of hydrogen-bond acceptors (Lipinski definition) is 6. The maximum Gasteiger partial charge on any atom is 0.306 e. The predicted octanol–water partition coefficient (Wildman–Crippen LogP) is 20.0. The second-order valence-electron chi connectivity index (χ2n) is 20.3. The van der Waals surface area contributed by atoms with Gasteiger partial charge in [-0.1, -0.05) is 263 Å². The molecule has 0 aromatic carbocycles. The summed E-state index contributed by atoms with van der Waals surface area (Å²) in [6.07, 6.45) is 68.4. The van der Waals surface area contributed by atoms with Gasteiger partial charge in [0.1, 0.15) is 13.2 Å². The van der Waals surface area contributed by atoms with Gasteiger partial charge in [-0.05, 0) is 77.0 Å². The Bertz CT molecular complexity index is 1140. The molecule has 0 saturated heterocycles. The molecule has 398 valence electrons. The molecule has 0 N–H and O–H groups in total. The quantitative estimate of drug-likeness (QED) is 0.0262. The van der Waals surface area contributed by atoms with Crippen LogP contribution >= 0.6 is 0 Å². The van der Waals surface area contributed by atoms with Crippen molar-refractivity contribution in [1.29, 1.82) is 0 Å². The van der Waals surface area contributed by atoms with Crippen LogP contribution in [0, 0.1) is 0 Å². The lowest BCUT2D eigenvalue weighted by molar-refractivity contribution is -0.167. The Morgan fingerprint density at radius 1 is 0.294 bits per heavy atom. The molecule has 0 fully saturated rings. The third-order valence-corrected chi connectivity index (χ3v) is 13.4. The lowest BCUT2D eigenvalue weighted by Crippen LogP contribution is -2.30. The van der Waals surface area contributed by atoms with Gasteiger partial charge in [-0.2, -0.15) is 0 Å². The van der Waals surface area contributed by atoms with Crippen LogP contribution in [0.3, 0.4) is 0 Å². The summed E-state index contributed by atoms with van der Waals surface area (Å²) in [6, 6.07) is 0. The van der Waals surface area contributed by atoms with Crippen LogP contribution in [-0.4, -0.2) is 37.2 Å². The molecule has 0 rings (SSSR count). The molecule has 1 atom stereocenters. The van der Waals surface area contributed by atoms with E-state index < -0.39 is 6.10 Å². The van der Waals surface area contributed by atoms with E-state index in [1.165, 1.54) is 212 Å². The standard InChI is InChI=1S/C62H114O6/c1-4-7-10-13-16-19-22-25-28-30-31-33-34-37-40-43-46-49-52-55-61(64)67-58-59(57-66-60(63)54-51-48-45-42-39-36-27-24-21-18-15-12-9-6-3)68-62(65)56-53-50-47-44-41-38-35-32-29-26-23-20-17-14-11-8-5-2/h17,20,25-26,28-29,59H,4-16,18-19,21-24,27,30-58H2,1-3H3/b20-17-,28-25-,29-26-. The van der Waals surface area contributed by atoms with Crippen LogP contribution in [0.4, 0.5) is 0 Å². The number of allylic oxidation sites excluding steroid dienone is 6. The maximum absolute atomic E-state index is 12.9. The van der Waals surface area contributed by atoms with Gasteiger partial charge in [-0.15, -0.1) is 0 Å². The Morgan fingerprint density at radius 3 is 0.853 bits per heavy atom. The van der Waals surface area contributed by atoms with Crippen molar-refractivity contribution in [2.45, 2.75) is 329 Å². The van der Waals surface area contributed by atoms with Crippen molar-refractivity contribution in [3.8, 4) is 0 Å². The van der Waals surface area contributed by atoms with E-state index in [-0.39, 0.29) is 31.1 Å². The van der Waals surface area contributed by atoms with Gasteiger partial charge in [-0.3, -0.25) is 14.4 Å². The summed E-state index contributed by atoms with van der Waals surface area (Å²) in [6.45, 7) is 6.65. The zero-order valence-electron chi connectivity index (χ0n) is 45.6. The Hall–Kier alpha value is -2.37. The van der Waals surface area contributed by atoms with Gasteiger partial charge < -0.3 is 14.2 Å². The lowest BCUT2D eigenvalue weighted by atomic mass is 10.0. The molecule has 0 spiro atoms. The molecule has 0 radical (unpaired) electrons. The van der Waals surface area contributed by atoms with Gasteiger partial charge in [0.2, 0.25) is 0 Å². The van der Waals surface area contributed by atoms with Gasteiger partial charge >= 0.3 is 17.9 Å². The summed E-state index contributed by atoms with van der Waals surface area (Å²) < 4.78 is 16.9. The molecule has 0 saturated carbocycles. The van der Waals surface area contributed by atoms with Gasteiger partial charge in [0.05, 0.1) is 0 Å². The smallest absolute Gasteiger partial charge is 0.306 e. The van der Waals surface area contributed by atoms with Gasteiger partial charge in [0.15, 0.2) is 6.10 Å². The van der Waals surface area contributed by atoms with E-state index in [4.69, 9.17) is 14.2 Å². The molecule has 0 amide bonds. The first kappa shape index (κ1) is 65.6. The molecule has 0 aliphatic heterocycles. The Balaban J connectivity index is 4.34. The first-order valence-electron chi connectivity index (χ1n) is 30.0. The fraction of sp³-hybridized carbons (Fsp3) is 0.855. The predicted molar refractivity (Wildman–Crippen MR) is 293 cm³/mol. The molecule has 0 aromatic rings. The summed E-state index contributed by atoms with van der Waals surface area (Å²) in [4.78, 5) is 38.2. The molecule has 0 aliphatic rings. The third-order valence-electron chi connectivity index (χ3n) is 13.4. The minimum Gasteiger partial charge on any atom is -0.462 e. The second-order valence-corrected chi connectivity index (χ2v) is 20.3. The third kappa shape index (κ3) is 54.6. The maximum atomic E-state index is 12.9. The zero-order chi connectivity index (χ0) is 49.3. The van der Waals surface area contributed by atoms with Crippen LogP contribution in [0.5, 0.6) is 0 Å². The average Bonchev–Trinajstić information content (AvgIpc) is 3.34. The first-order valence-corrected chi connectivity index (χ1v) is 30.0. The minimum atomic E-state index is -0.774. The monoisotopic (exact) mass is 955 g/mol. The van der Waals surface area contributed by atoms with Crippen molar-refractivity contribution in [2.75, 3.05) is 13.2 Å². The first-order chi connectivity index (χ1) is 33.5. The van der Waals surface area contributed by atoms with Crippen LogP contribution in [0.25, 0.3) is 0 Å². The highest BCUT2D eigenvalue weighted by molar-refractivity contribution is 5.71. The average molecular weight is 956 g/mol. The Labute approximate surface area is 423 Å². The van der Waals surface area contributed by atoms with Gasteiger partial charge in [0, 0.05) is 19.3 Å². The van der Waals surface area contributed by atoms with E-state index in [9.17, 15) is 14.4 Å². The summed E-state index contributed by atoms with van der Waals surface area (Å²) in [5.41, 5.74) is 0. The lowest BCUT2D eigenvalue weighted by Gasteiger charge is -2.18. The van der Waals surface area contributed by atoms with E-state index in [1.807, 2.05) is 0 Å². The van der Waals surface area contributed by atoms with E-state index >= 15 is 0 Å². The van der Waals surface area contributed by atoms with Crippen LogP contribution < -0.4 is 0 Å². The molecule has 0 aromatic heterocycles. The molecule has 0 bridgehead atoms. The number of rotatable bonds is 55. The van der Waals surface area contributed by atoms with Gasteiger partial charge in [0.25, 0.3) is 0 Å². The molecular weight excluding hydrogens is 841 g/mol. The fourth-order valence-corrected chi connectivity index (χ4v) is 8.82. The van der Waals surface area contributed by atoms with E-state index in [0.717, 1.165) is 70.6 Å². The highest BCUT2D eigenvalue weighted by Crippen LogP contribution is 2.16. The molecule has 1 unspecified atom stereocenters. The largest absolute Gasteiger partial charge is 0.462 e. The van der Waals surface area contributed by atoms with Crippen molar-refractivity contribution in [1.82, 2.24) is 0 Å². The van der Waals surface area contributed by atoms with Gasteiger partial charge in [-0.25, -0.2) is 0 Å². The van der Waals surface area contributed by atoms with Crippen LogP contribution in [0.1, 0.15) is 323 Å². The highest BCUT2D eigenvalue weighted by atomic mass is 16.6. The highest BCUT2D eigenvalue weighted by Gasteiger charge is 2.19. The second kappa shape index (κ2) is 57.2. The summed E-state index contributed by atoms with van der Waals surface area (Å²) in [5, 5.41) is 0. The fourth-order valence-electron chi connectivity index (χ4n) is 8.82. The van der Waals surface area contributed by atoms with Crippen LogP contribution in [0.2, 0.25) is 0 Å². The Morgan fingerprint density at radius 2 is 0.529 bits per heavy atom. The van der Waals surface area contributed by atoms with E-state index in [1.54, 1.807) is 0 Å². The number of unbranched alkanes of at least 4 members (excludes halogenated alkanes) is 38. The van der Waals surface area contributed by atoms with Crippen molar-refractivity contribution in [3.63, 3.8) is 0 Å². The number of carbonyl (C=O) groups excluding carboxylic acids is 3. The topological polar surface area (TPSA) is 78.9 Å². The number of carbonyl (C=O) groups is 3. The van der Waals surface area contributed by atoms with Crippen LogP contribution in [-0.2, 0) is 28.6 Å². The molecule has 0 heterocycles. The molecule has 6 heteroatoms.